The number of carbonyl (C=O) groups is 1. The number of benzene rings is 2. The minimum Gasteiger partial charge on any atom is -0.490 e. The fourth-order valence-corrected chi connectivity index (χ4v) is 3.51. The predicted molar refractivity (Wildman–Crippen MR) is 122 cm³/mol. The van der Waals surface area contributed by atoms with Gasteiger partial charge in [-0.25, -0.2) is 9.18 Å². The summed E-state index contributed by atoms with van der Waals surface area (Å²) in [5, 5.41) is 7.06. The molecule has 0 aliphatic heterocycles. The highest BCUT2D eigenvalue weighted by molar-refractivity contribution is 6.06. The van der Waals surface area contributed by atoms with E-state index in [1.165, 1.54) is 10.6 Å². The summed E-state index contributed by atoms with van der Waals surface area (Å²) in [5.74, 6) is -0.508. The molecule has 1 amide bonds. The van der Waals surface area contributed by atoms with Gasteiger partial charge in [0.25, 0.3) is 5.91 Å². The fourth-order valence-electron chi connectivity index (χ4n) is 3.51. The zero-order valence-corrected chi connectivity index (χ0v) is 19.1. The minimum atomic E-state index is -0.738. The van der Waals surface area contributed by atoms with Crippen LogP contribution in [0.3, 0.4) is 0 Å². The van der Waals surface area contributed by atoms with Gasteiger partial charge in [0, 0.05) is 25.2 Å². The zero-order chi connectivity index (χ0) is 23.4. The van der Waals surface area contributed by atoms with Crippen LogP contribution in [0, 0.1) is 12.7 Å². The Balaban J connectivity index is 2.09. The van der Waals surface area contributed by atoms with Crippen molar-refractivity contribution in [1.82, 2.24) is 14.3 Å². The zero-order valence-electron chi connectivity index (χ0n) is 19.1. The highest BCUT2D eigenvalue weighted by Crippen LogP contribution is 2.28. The Morgan fingerprint density at radius 2 is 1.97 bits per heavy atom. The van der Waals surface area contributed by atoms with Crippen molar-refractivity contribution in [2.75, 3.05) is 5.32 Å². The first-order chi connectivity index (χ1) is 15.3. The highest BCUT2D eigenvalue weighted by Gasteiger charge is 2.22. The number of nitrogens with zero attached hydrogens (tertiary/aromatic N) is 3. The summed E-state index contributed by atoms with van der Waals surface area (Å²) >= 11 is 0. The standard InChI is InChI=1S/C24H29FN4O3/c1-6-10-16(4)32-21-14-20(29-24(31)28(5)22(7-2)27-29)18(25)13-17(21)23(30)26-19-12-9-8-11-15(19)3/h8-9,11-14,16H,6-7,10H2,1-5H3,(H,26,30)/t16-/m0/s1. The van der Waals surface area contributed by atoms with Crippen LogP contribution in [0.15, 0.2) is 41.2 Å². The number of halogens is 1. The van der Waals surface area contributed by atoms with E-state index in [0.29, 0.717) is 17.9 Å². The first-order valence-electron chi connectivity index (χ1n) is 10.8. The van der Waals surface area contributed by atoms with Crippen molar-refractivity contribution >= 4 is 11.6 Å². The van der Waals surface area contributed by atoms with E-state index in [-0.39, 0.29) is 23.1 Å². The lowest BCUT2D eigenvalue weighted by molar-refractivity contribution is 0.101. The number of rotatable bonds is 8. The summed E-state index contributed by atoms with van der Waals surface area (Å²) in [7, 11) is 1.59. The number of hydrogen-bond acceptors (Lipinski definition) is 4. The molecule has 0 saturated carbocycles. The normalized spacial score (nSPS) is 11.9. The van der Waals surface area contributed by atoms with Crippen molar-refractivity contribution in [2.24, 2.45) is 7.05 Å². The molecule has 0 spiro atoms. The Hall–Kier alpha value is -3.42. The summed E-state index contributed by atoms with van der Waals surface area (Å²) in [5.41, 5.74) is 1.04. The molecule has 32 heavy (non-hydrogen) atoms. The van der Waals surface area contributed by atoms with Gasteiger partial charge in [0.05, 0.1) is 11.7 Å². The third-order valence-corrected chi connectivity index (χ3v) is 5.33. The molecule has 0 unspecified atom stereocenters. The monoisotopic (exact) mass is 440 g/mol. The summed E-state index contributed by atoms with van der Waals surface area (Å²) < 4.78 is 23.6. The van der Waals surface area contributed by atoms with Crippen molar-refractivity contribution in [3.63, 3.8) is 0 Å². The molecule has 1 heterocycles. The molecule has 8 heteroatoms. The van der Waals surface area contributed by atoms with E-state index < -0.39 is 17.4 Å². The van der Waals surface area contributed by atoms with E-state index >= 15 is 4.39 Å². The minimum absolute atomic E-state index is 0.0529. The smallest absolute Gasteiger partial charge is 0.350 e. The number of anilines is 1. The van der Waals surface area contributed by atoms with E-state index in [9.17, 15) is 9.59 Å². The van der Waals surface area contributed by atoms with Gasteiger partial charge in [-0.3, -0.25) is 9.36 Å². The summed E-state index contributed by atoms with van der Waals surface area (Å²) in [6.45, 7) is 7.65. The van der Waals surface area contributed by atoms with Crippen LogP contribution in [0.2, 0.25) is 0 Å². The van der Waals surface area contributed by atoms with Crippen molar-refractivity contribution in [2.45, 2.75) is 53.1 Å². The van der Waals surface area contributed by atoms with E-state index in [1.807, 2.05) is 45.9 Å². The molecular formula is C24H29FN4O3. The van der Waals surface area contributed by atoms with Crippen LogP contribution in [-0.2, 0) is 13.5 Å². The van der Waals surface area contributed by atoms with Crippen molar-refractivity contribution in [3.8, 4) is 11.4 Å². The van der Waals surface area contributed by atoms with E-state index in [2.05, 4.69) is 10.4 Å². The Kier molecular flexibility index (Phi) is 7.12. The third-order valence-electron chi connectivity index (χ3n) is 5.33. The molecule has 2 aromatic carbocycles. The molecule has 3 aromatic rings. The molecule has 1 N–H and O–H groups in total. The number of ether oxygens (including phenoxy) is 1. The second kappa shape index (κ2) is 9.80. The van der Waals surface area contributed by atoms with Gasteiger partial charge in [0.15, 0.2) is 0 Å². The third kappa shape index (κ3) is 4.74. The number of amides is 1. The molecule has 7 nitrogen and oxygen atoms in total. The lowest BCUT2D eigenvalue weighted by Gasteiger charge is -2.18. The molecule has 3 rings (SSSR count). The average Bonchev–Trinajstić information content (AvgIpc) is 3.04. The molecule has 0 aliphatic carbocycles. The number of nitrogens with one attached hydrogen (secondary N) is 1. The predicted octanol–water partition coefficient (Wildman–Crippen LogP) is 4.40. The quantitative estimate of drug-likeness (QED) is 0.563. The SMILES string of the molecule is CCC[C@H](C)Oc1cc(-n2nc(CC)n(C)c2=O)c(F)cc1C(=O)Nc1ccccc1C. The van der Waals surface area contributed by atoms with Crippen LogP contribution < -0.4 is 15.7 Å². The first-order valence-corrected chi connectivity index (χ1v) is 10.8. The topological polar surface area (TPSA) is 78.2 Å². The molecule has 0 saturated heterocycles. The average molecular weight is 441 g/mol. The van der Waals surface area contributed by atoms with Crippen molar-refractivity contribution in [1.29, 1.82) is 0 Å². The molecular weight excluding hydrogens is 411 g/mol. The summed E-state index contributed by atoms with van der Waals surface area (Å²) in [6.07, 6.45) is 1.97. The van der Waals surface area contributed by atoms with Crippen LogP contribution in [0.1, 0.15) is 55.4 Å². The van der Waals surface area contributed by atoms with Crippen LogP contribution in [-0.4, -0.2) is 26.4 Å². The van der Waals surface area contributed by atoms with Gasteiger partial charge >= 0.3 is 5.69 Å². The largest absolute Gasteiger partial charge is 0.490 e. The van der Waals surface area contributed by atoms with Crippen LogP contribution >= 0.6 is 0 Å². The first kappa shape index (κ1) is 23.2. The van der Waals surface area contributed by atoms with Crippen LogP contribution in [0.5, 0.6) is 5.75 Å². The second-order valence-electron chi connectivity index (χ2n) is 7.81. The Morgan fingerprint density at radius 1 is 1.25 bits per heavy atom. The van der Waals surface area contributed by atoms with Gasteiger partial charge in [0.1, 0.15) is 23.1 Å². The number of carbonyl (C=O) groups excluding carboxylic acids is 1. The molecule has 0 fully saturated rings. The molecule has 1 aromatic heterocycles. The van der Waals surface area contributed by atoms with Gasteiger partial charge in [-0.1, -0.05) is 38.5 Å². The van der Waals surface area contributed by atoms with Crippen molar-refractivity contribution < 1.29 is 13.9 Å². The Morgan fingerprint density at radius 3 is 2.59 bits per heavy atom. The summed E-state index contributed by atoms with van der Waals surface area (Å²) in [4.78, 5) is 25.7. The van der Waals surface area contributed by atoms with Crippen LogP contribution in [0.4, 0.5) is 10.1 Å². The molecule has 170 valence electrons. The number of para-hydroxylation sites is 1. The molecule has 0 bridgehead atoms. The number of aromatic nitrogens is 3. The van der Waals surface area contributed by atoms with Crippen molar-refractivity contribution in [3.05, 3.63) is 69.7 Å². The van der Waals surface area contributed by atoms with Crippen LogP contribution in [0.25, 0.3) is 5.69 Å². The lowest BCUT2D eigenvalue weighted by Crippen LogP contribution is -2.24. The molecule has 0 radical (unpaired) electrons. The molecule has 1 atom stereocenters. The summed E-state index contributed by atoms with van der Waals surface area (Å²) in [6, 6.07) is 9.81. The number of hydrogen-bond donors (Lipinski definition) is 1. The maximum Gasteiger partial charge on any atom is 0.350 e. The maximum absolute atomic E-state index is 15.2. The Labute approximate surface area is 186 Å². The van der Waals surface area contributed by atoms with E-state index in [4.69, 9.17) is 4.74 Å². The van der Waals surface area contributed by atoms with Gasteiger partial charge in [0.2, 0.25) is 0 Å². The lowest BCUT2D eigenvalue weighted by atomic mass is 10.1. The van der Waals surface area contributed by atoms with Gasteiger partial charge in [-0.15, -0.1) is 5.10 Å². The number of aryl methyl sites for hydroxylation is 2. The second-order valence-corrected chi connectivity index (χ2v) is 7.81. The van der Waals surface area contributed by atoms with E-state index in [1.54, 1.807) is 13.1 Å². The fraction of sp³-hybridized carbons (Fsp3) is 0.375. The molecule has 0 aliphatic rings. The highest BCUT2D eigenvalue weighted by atomic mass is 19.1. The maximum atomic E-state index is 15.2. The van der Waals surface area contributed by atoms with E-state index in [0.717, 1.165) is 29.2 Å². The Bertz CT molecular complexity index is 1180. The van der Waals surface area contributed by atoms with Gasteiger partial charge in [-0.2, -0.15) is 4.68 Å². The van der Waals surface area contributed by atoms with Gasteiger partial charge in [-0.05, 0) is 38.0 Å². The van der Waals surface area contributed by atoms with Gasteiger partial charge < -0.3 is 10.1 Å².